The summed E-state index contributed by atoms with van der Waals surface area (Å²) in [6.07, 6.45) is 0.956. The number of rotatable bonds is 7. The summed E-state index contributed by atoms with van der Waals surface area (Å²) in [6.45, 7) is 2.43. The molecule has 0 bridgehead atoms. The summed E-state index contributed by atoms with van der Waals surface area (Å²) in [5, 5.41) is 0. The summed E-state index contributed by atoms with van der Waals surface area (Å²) in [6, 6.07) is 7.75. The van der Waals surface area contributed by atoms with E-state index in [9.17, 15) is 9.59 Å². The molecule has 0 radical (unpaired) electrons. The number of benzene rings is 1. The smallest absolute Gasteiger partial charge is 0.325 e. The van der Waals surface area contributed by atoms with Crippen LogP contribution in [0.3, 0.4) is 0 Å². The van der Waals surface area contributed by atoms with Gasteiger partial charge in [0.2, 0.25) is 5.91 Å². The standard InChI is InChI=1S/C15H21NO4/c1-12-7-4-5-8-13(12)20-10-6-9-14(17)16(2)11-15(18)19-3/h4-5,7-8H,6,9-11H2,1-3H3. The third-order valence-corrected chi connectivity index (χ3v) is 2.91. The predicted octanol–water partition coefficient (Wildman–Crippen LogP) is 1.79. The van der Waals surface area contributed by atoms with Crippen LogP contribution in [0.4, 0.5) is 0 Å². The molecule has 0 atom stereocenters. The van der Waals surface area contributed by atoms with Gasteiger partial charge in [-0.1, -0.05) is 18.2 Å². The van der Waals surface area contributed by atoms with Crippen LogP contribution >= 0.6 is 0 Å². The van der Waals surface area contributed by atoms with Gasteiger partial charge in [0.1, 0.15) is 12.3 Å². The second-order valence-corrected chi connectivity index (χ2v) is 4.54. The van der Waals surface area contributed by atoms with E-state index in [-0.39, 0.29) is 12.5 Å². The summed E-state index contributed by atoms with van der Waals surface area (Å²) >= 11 is 0. The molecule has 1 amide bonds. The van der Waals surface area contributed by atoms with E-state index in [0.717, 1.165) is 11.3 Å². The van der Waals surface area contributed by atoms with Gasteiger partial charge in [0.15, 0.2) is 0 Å². The first-order chi connectivity index (χ1) is 9.54. The third kappa shape index (κ3) is 5.30. The van der Waals surface area contributed by atoms with E-state index in [1.54, 1.807) is 7.05 Å². The molecule has 0 heterocycles. The van der Waals surface area contributed by atoms with E-state index >= 15 is 0 Å². The number of likely N-dealkylation sites (N-methyl/N-ethyl adjacent to an activating group) is 1. The van der Waals surface area contributed by atoms with E-state index in [1.165, 1.54) is 12.0 Å². The number of esters is 1. The lowest BCUT2D eigenvalue weighted by Crippen LogP contribution is -2.32. The fourth-order valence-corrected chi connectivity index (χ4v) is 1.66. The number of carbonyl (C=O) groups is 2. The van der Waals surface area contributed by atoms with Gasteiger partial charge < -0.3 is 14.4 Å². The highest BCUT2D eigenvalue weighted by Crippen LogP contribution is 2.16. The highest BCUT2D eigenvalue weighted by atomic mass is 16.5. The Morgan fingerprint density at radius 2 is 1.95 bits per heavy atom. The van der Waals surface area contributed by atoms with E-state index in [1.807, 2.05) is 31.2 Å². The molecule has 1 rings (SSSR count). The SMILES string of the molecule is COC(=O)CN(C)C(=O)CCCOc1ccccc1C. The first kappa shape index (κ1) is 16.0. The minimum absolute atomic E-state index is 0.0199. The topological polar surface area (TPSA) is 55.8 Å². The Balaban J connectivity index is 2.25. The molecule has 20 heavy (non-hydrogen) atoms. The molecular weight excluding hydrogens is 258 g/mol. The molecule has 0 saturated heterocycles. The van der Waals surface area contributed by atoms with Crippen LogP contribution in [-0.4, -0.2) is 44.1 Å². The van der Waals surface area contributed by atoms with E-state index in [2.05, 4.69) is 4.74 Å². The summed E-state index contributed by atoms with van der Waals surface area (Å²) in [7, 11) is 2.89. The second kappa shape index (κ2) is 8.19. The lowest BCUT2D eigenvalue weighted by atomic mass is 10.2. The van der Waals surface area contributed by atoms with Crippen molar-refractivity contribution in [2.45, 2.75) is 19.8 Å². The zero-order valence-electron chi connectivity index (χ0n) is 12.2. The molecule has 1 aromatic carbocycles. The van der Waals surface area contributed by atoms with Crippen LogP contribution in [0.2, 0.25) is 0 Å². The molecular formula is C15H21NO4. The highest BCUT2D eigenvalue weighted by molar-refractivity contribution is 5.81. The molecule has 5 nitrogen and oxygen atoms in total. The van der Waals surface area contributed by atoms with E-state index < -0.39 is 5.97 Å². The Hall–Kier alpha value is -2.04. The first-order valence-electron chi connectivity index (χ1n) is 6.53. The predicted molar refractivity (Wildman–Crippen MR) is 75.6 cm³/mol. The summed E-state index contributed by atoms with van der Waals surface area (Å²) in [4.78, 5) is 24.1. The average Bonchev–Trinajstić information content (AvgIpc) is 2.44. The first-order valence-corrected chi connectivity index (χ1v) is 6.53. The molecule has 110 valence electrons. The maximum absolute atomic E-state index is 11.7. The number of amides is 1. The monoisotopic (exact) mass is 279 g/mol. The molecule has 0 unspecified atom stereocenters. The Kier molecular flexibility index (Phi) is 6.56. The number of hydrogen-bond donors (Lipinski definition) is 0. The van der Waals surface area contributed by atoms with Crippen molar-refractivity contribution in [1.82, 2.24) is 4.90 Å². The van der Waals surface area contributed by atoms with Gasteiger partial charge >= 0.3 is 5.97 Å². The number of hydrogen-bond acceptors (Lipinski definition) is 4. The molecule has 0 aliphatic carbocycles. The zero-order valence-corrected chi connectivity index (χ0v) is 12.2. The van der Waals surface area contributed by atoms with Crippen molar-refractivity contribution in [2.75, 3.05) is 27.3 Å². The van der Waals surface area contributed by atoms with Gasteiger partial charge in [0, 0.05) is 13.5 Å². The van der Waals surface area contributed by atoms with Crippen LogP contribution in [0.5, 0.6) is 5.75 Å². The minimum atomic E-state index is -0.419. The van der Waals surface area contributed by atoms with Gasteiger partial charge in [0.25, 0.3) is 0 Å². The molecule has 0 saturated carbocycles. The average molecular weight is 279 g/mol. The van der Waals surface area contributed by atoms with Crippen molar-refractivity contribution in [3.8, 4) is 5.75 Å². The molecule has 0 fully saturated rings. The normalized spacial score (nSPS) is 9.95. The highest BCUT2D eigenvalue weighted by Gasteiger charge is 2.12. The molecule has 0 N–H and O–H groups in total. The number of nitrogens with zero attached hydrogens (tertiary/aromatic N) is 1. The van der Waals surface area contributed by atoms with Crippen LogP contribution in [0.1, 0.15) is 18.4 Å². The number of methoxy groups -OCH3 is 1. The zero-order chi connectivity index (χ0) is 15.0. The van der Waals surface area contributed by atoms with Crippen molar-refractivity contribution in [3.05, 3.63) is 29.8 Å². The maximum atomic E-state index is 11.7. The van der Waals surface area contributed by atoms with Crippen LogP contribution in [-0.2, 0) is 14.3 Å². The van der Waals surface area contributed by atoms with Crippen molar-refractivity contribution in [1.29, 1.82) is 0 Å². The van der Waals surface area contributed by atoms with E-state index in [4.69, 9.17) is 4.74 Å². The van der Waals surface area contributed by atoms with Gasteiger partial charge in [-0.25, -0.2) is 0 Å². The van der Waals surface area contributed by atoms with Crippen molar-refractivity contribution in [2.24, 2.45) is 0 Å². The van der Waals surface area contributed by atoms with E-state index in [0.29, 0.717) is 19.4 Å². The molecule has 0 spiro atoms. The Morgan fingerprint density at radius 3 is 2.60 bits per heavy atom. The molecule has 1 aromatic rings. The number of aryl methyl sites for hydroxylation is 1. The number of ether oxygens (including phenoxy) is 2. The number of carbonyl (C=O) groups excluding carboxylic acids is 2. The summed E-state index contributed by atoms with van der Waals surface area (Å²) in [5.41, 5.74) is 1.07. The van der Waals surface area contributed by atoms with Crippen molar-refractivity contribution in [3.63, 3.8) is 0 Å². The fourth-order valence-electron chi connectivity index (χ4n) is 1.66. The van der Waals surface area contributed by atoms with Crippen LogP contribution in [0.15, 0.2) is 24.3 Å². The largest absolute Gasteiger partial charge is 0.493 e. The Bertz CT molecular complexity index is 459. The van der Waals surface area contributed by atoms with Crippen LogP contribution in [0.25, 0.3) is 0 Å². The molecule has 5 heteroatoms. The second-order valence-electron chi connectivity index (χ2n) is 4.54. The maximum Gasteiger partial charge on any atom is 0.325 e. The molecule has 0 aromatic heterocycles. The van der Waals surface area contributed by atoms with Crippen LogP contribution in [0, 0.1) is 6.92 Å². The quantitative estimate of drug-likeness (QED) is 0.564. The van der Waals surface area contributed by atoms with Gasteiger partial charge in [0.05, 0.1) is 13.7 Å². The van der Waals surface area contributed by atoms with Gasteiger partial charge in [-0.05, 0) is 25.0 Å². The number of para-hydroxylation sites is 1. The Labute approximate surface area is 119 Å². The van der Waals surface area contributed by atoms with Crippen molar-refractivity contribution >= 4 is 11.9 Å². The summed E-state index contributed by atoms with van der Waals surface area (Å²) < 4.78 is 10.1. The molecule has 0 aliphatic rings. The summed E-state index contributed by atoms with van der Waals surface area (Å²) in [5.74, 6) is 0.323. The van der Waals surface area contributed by atoms with Gasteiger partial charge in [-0.15, -0.1) is 0 Å². The fraction of sp³-hybridized carbons (Fsp3) is 0.467. The van der Waals surface area contributed by atoms with Crippen molar-refractivity contribution < 1.29 is 19.1 Å². The molecule has 0 aliphatic heterocycles. The van der Waals surface area contributed by atoms with Gasteiger partial charge in [-0.3, -0.25) is 9.59 Å². The lowest BCUT2D eigenvalue weighted by molar-refractivity contribution is -0.146. The Morgan fingerprint density at radius 1 is 1.25 bits per heavy atom. The van der Waals surface area contributed by atoms with Crippen LogP contribution < -0.4 is 4.74 Å². The third-order valence-electron chi connectivity index (χ3n) is 2.91. The lowest BCUT2D eigenvalue weighted by Gasteiger charge is -2.15. The minimum Gasteiger partial charge on any atom is -0.493 e. The van der Waals surface area contributed by atoms with Gasteiger partial charge in [-0.2, -0.15) is 0 Å².